The number of nitrogens with zero attached hydrogens (tertiary/aromatic N) is 1. The van der Waals surface area contributed by atoms with Crippen molar-refractivity contribution in [2.45, 2.75) is 0 Å². The second kappa shape index (κ2) is 7.39. The van der Waals surface area contributed by atoms with Gasteiger partial charge in [0.05, 0.1) is 25.3 Å². The zero-order chi connectivity index (χ0) is 22.4. The van der Waals surface area contributed by atoms with Gasteiger partial charge in [-0.1, -0.05) is 42.5 Å². The fourth-order valence-electron chi connectivity index (χ4n) is 4.03. The average Bonchev–Trinajstić information content (AvgIpc) is 3.42. The molecule has 0 atom stereocenters. The third-order valence-corrected chi connectivity index (χ3v) is 5.45. The van der Waals surface area contributed by atoms with Crippen LogP contribution in [0.2, 0.25) is 0 Å². The highest BCUT2D eigenvalue weighted by Crippen LogP contribution is 2.32. The topological polar surface area (TPSA) is 87.2 Å². The summed E-state index contributed by atoms with van der Waals surface area (Å²) in [4.78, 5) is 39.4. The van der Waals surface area contributed by atoms with Crippen molar-refractivity contribution < 1.29 is 28.3 Å². The summed E-state index contributed by atoms with van der Waals surface area (Å²) in [6.07, 6.45) is 0. The first-order chi connectivity index (χ1) is 15.5. The lowest BCUT2D eigenvalue weighted by atomic mass is 10.1. The van der Waals surface area contributed by atoms with E-state index in [9.17, 15) is 14.4 Å². The molecule has 0 radical (unpaired) electrons. The second-order valence-corrected chi connectivity index (χ2v) is 7.17. The Morgan fingerprint density at radius 3 is 2.12 bits per heavy atom. The van der Waals surface area contributed by atoms with Gasteiger partial charge >= 0.3 is 11.9 Å². The van der Waals surface area contributed by atoms with Crippen molar-refractivity contribution in [2.75, 3.05) is 14.2 Å². The minimum Gasteiger partial charge on any atom is -0.465 e. The number of rotatable bonds is 4. The van der Waals surface area contributed by atoms with Crippen molar-refractivity contribution in [2.24, 2.45) is 0 Å². The van der Waals surface area contributed by atoms with Crippen LogP contribution in [0.1, 0.15) is 37.0 Å². The molecule has 7 nitrogen and oxygen atoms in total. The van der Waals surface area contributed by atoms with Gasteiger partial charge in [0.2, 0.25) is 5.78 Å². The van der Waals surface area contributed by atoms with Crippen LogP contribution in [0.3, 0.4) is 0 Å². The van der Waals surface area contributed by atoms with Crippen LogP contribution in [-0.4, -0.2) is 36.3 Å². The molecule has 0 amide bonds. The molecule has 0 N–H and O–H groups in total. The first-order valence-electron chi connectivity index (χ1n) is 9.81. The molecular formula is C25H17NO6. The highest BCUT2D eigenvalue weighted by molar-refractivity contribution is 6.20. The molecule has 0 aliphatic carbocycles. The number of methoxy groups -OCH3 is 2. The number of esters is 2. The molecule has 7 heteroatoms. The average molecular weight is 427 g/mol. The number of para-hydroxylation sites is 2. The molecule has 158 valence electrons. The van der Waals surface area contributed by atoms with Crippen molar-refractivity contribution in [1.29, 1.82) is 0 Å². The van der Waals surface area contributed by atoms with Crippen LogP contribution in [0, 0.1) is 0 Å². The van der Waals surface area contributed by atoms with Gasteiger partial charge in [0.15, 0.2) is 5.76 Å². The molecule has 0 saturated carbocycles. The van der Waals surface area contributed by atoms with Crippen LogP contribution in [0.4, 0.5) is 0 Å². The van der Waals surface area contributed by atoms with Crippen molar-refractivity contribution in [1.82, 2.24) is 4.40 Å². The van der Waals surface area contributed by atoms with Crippen molar-refractivity contribution in [3.05, 3.63) is 89.3 Å². The van der Waals surface area contributed by atoms with Crippen LogP contribution in [0.25, 0.3) is 27.4 Å². The third kappa shape index (κ3) is 2.79. The summed E-state index contributed by atoms with van der Waals surface area (Å²) in [6.45, 7) is 0. The Hall–Kier alpha value is -4.39. The number of fused-ring (bicyclic) bond motifs is 4. The van der Waals surface area contributed by atoms with E-state index in [0.29, 0.717) is 16.6 Å². The molecule has 3 aromatic heterocycles. The number of furan rings is 1. The molecule has 5 rings (SSSR count). The van der Waals surface area contributed by atoms with E-state index in [-0.39, 0.29) is 22.6 Å². The lowest BCUT2D eigenvalue weighted by molar-refractivity contribution is 0.0556. The molecule has 5 aromatic rings. The smallest absolute Gasteiger partial charge is 0.341 e. The number of ether oxygens (including phenoxy) is 2. The number of carbonyl (C=O) groups excluding carboxylic acids is 3. The van der Waals surface area contributed by atoms with Crippen LogP contribution in [0.15, 0.2) is 71.1 Å². The van der Waals surface area contributed by atoms with E-state index in [4.69, 9.17) is 13.9 Å². The maximum Gasteiger partial charge on any atom is 0.341 e. The van der Waals surface area contributed by atoms with E-state index in [1.165, 1.54) is 14.2 Å². The van der Waals surface area contributed by atoms with E-state index in [2.05, 4.69) is 0 Å². The minimum atomic E-state index is -0.822. The molecule has 0 unspecified atom stereocenters. The van der Waals surface area contributed by atoms with E-state index >= 15 is 0 Å². The molecule has 3 heterocycles. The summed E-state index contributed by atoms with van der Waals surface area (Å²) in [6, 6.07) is 19.7. The summed E-state index contributed by atoms with van der Waals surface area (Å²) >= 11 is 0. The molecule has 2 aromatic carbocycles. The number of aromatic nitrogens is 1. The highest BCUT2D eigenvalue weighted by atomic mass is 16.5. The first-order valence-corrected chi connectivity index (χ1v) is 9.81. The van der Waals surface area contributed by atoms with Crippen LogP contribution in [-0.2, 0) is 9.47 Å². The molecule has 0 bridgehead atoms. The summed E-state index contributed by atoms with van der Waals surface area (Å²) in [5.41, 5.74) is 1.31. The lowest BCUT2D eigenvalue weighted by Crippen LogP contribution is -2.15. The Morgan fingerprint density at radius 2 is 1.41 bits per heavy atom. The van der Waals surface area contributed by atoms with Crippen LogP contribution in [0.5, 0.6) is 0 Å². The number of hydrogen-bond acceptors (Lipinski definition) is 6. The Labute approximate surface area is 181 Å². The minimum absolute atomic E-state index is 0.0249. The van der Waals surface area contributed by atoms with Crippen LogP contribution < -0.4 is 0 Å². The standard InChI is InChI=1S/C25H17NO6/c1-30-24(28)20-17-12-11-14-7-3-5-9-16(14)26(17)22(21(20)25(29)31-2)23(27)19-13-15-8-4-6-10-18(15)32-19/h3-13H,1-2H3. The van der Waals surface area contributed by atoms with Gasteiger partial charge in [0.25, 0.3) is 0 Å². The number of carbonyl (C=O) groups is 3. The molecule has 0 fully saturated rings. The Balaban J connectivity index is 1.93. The summed E-state index contributed by atoms with van der Waals surface area (Å²) in [5.74, 6) is -2.08. The van der Waals surface area contributed by atoms with Gasteiger partial charge in [-0.05, 0) is 29.7 Å². The van der Waals surface area contributed by atoms with Gasteiger partial charge in [-0.15, -0.1) is 0 Å². The zero-order valence-corrected chi connectivity index (χ0v) is 17.2. The number of hydrogen-bond donors (Lipinski definition) is 0. The van der Waals surface area contributed by atoms with Gasteiger partial charge in [-0.25, -0.2) is 9.59 Å². The Morgan fingerprint density at radius 1 is 0.750 bits per heavy atom. The second-order valence-electron chi connectivity index (χ2n) is 7.17. The van der Waals surface area contributed by atoms with E-state index in [0.717, 1.165) is 10.8 Å². The van der Waals surface area contributed by atoms with E-state index in [1.54, 1.807) is 34.7 Å². The Bertz CT molecular complexity index is 1520. The van der Waals surface area contributed by atoms with E-state index in [1.807, 2.05) is 36.4 Å². The van der Waals surface area contributed by atoms with Gasteiger partial charge < -0.3 is 18.3 Å². The van der Waals surface area contributed by atoms with Gasteiger partial charge in [-0.2, -0.15) is 0 Å². The predicted octanol–water partition coefficient (Wildman–Crippen LogP) is 4.64. The zero-order valence-electron chi connectivity index (χ0n) is 17.2. The molecule has 0 aliphatic rings. The monoisotopic (exact) mass is 427 g/mol. The fraction of sp³-hybridized carbons (Fsp3) is 0.0800. The number of ketones is 1. The summed E-state index contributed by atoms with van der Waals surface area (Å²) in [7, 11) is 2.41. The summed E-state index contributed by atoms with van der Waals surface area (Å²) < 4.78 is 17.3. The number of pyridine rings is 1. The maximum atomic E-state index is 13.8. The van der Waals surface area contributed by atoms with Crippen molar-refractivity contribution >= 4 is 45.1 Å². The van der Waals surface area contributed by atoms with E-state index < -0.39 is 17.7 Å². The van der Waals surface area contributed by atoms with Crippen molar-refractivity contribution in [3.8, 4) is 0 Å². The quantitative estimate of drug-likeness (QED) is 0.307. The molecule has 32 heavy (non-hydrogen) atoms. The molecule has 0 saturated heterocycles. The first kappa shape index (κ1) is 19.6. The van der Waals surface area contributed by atoms with Gasteiger partial charge in [-0.3, -0.25) is 4.79 Å². The third-order valence-electron chi connectivity index (χ3n) is 5.45. The normalized spacial score (nSPS) is 11.2. The maximum absolute atomic E-state index is 13.8. The molecule has 0 spiro atoms. The Kier molecular flexibility index (Phi) is 4.52. The highest BCUT2D eigenvalue weighted by Gasteiger charge is 2.34. The van der Waals surface area contributed by atoms with Gasteiger partial charge in [0, 0.05) is 5.39 Å². The van der Waals surface area contributed by atoms with Crippen molar-refractivity contribution in [3.63, 3.8) is 0 Å². The summed E-state index contributed by atoms with van der Waals surface area (Å²) in [5, 5.41) is 1.57. The van der Waals surface area contributed by atoms with Crippen LogP contribution >= 0.6 is 0 Å². The fourth-order valence-corrected chi connectivity index (χ4v) is 4.03. The lowest BCUT2D eigenvalue weighted by Gasteiger charge is -2.07. The predicted molar refractivity (Wildman–Crippen MR) is 117 cm³/mol. The van der Waals surface area contributed by atoms with Gasteiger partial charge in [0.1, 0.15) is 22.4 Å². The molecule has 0 aliphatic heterocycles. The molecular weight excluding hydrogens is 410 g/mol. The largest absolute Gasteiger partial charge is 0.465 e. The number of benzene rings is 2. The SMILES string of the molecule is COC(=O)c1c(C(=O)OC)c2ccc3ccccc3n2c1C(=O)c1cc2ccccc2o1.